The molecule has 1 heterocycles. The first kappa shape index (κ1) is 12.7. The molecule has 0 aromatic carbocycles. The first-order valence-corrected chi connectivity index (χ1v) is 6.57. The fraction of sp³-hybridized carbons (Fsp3) is 0.500. The summed E-state index contributed by atoms with van der Waals surface area (Å²) in [5.74, 6) is -0.0721. The summed E-state index contributed by atoms with van der Waals surface area (Å²) in [7, 11) is 0. The average molecular weight is 291 g/mol. The van der Waals surface area contributed by atoms with Crippen LogP contribution in [0, 0.1) is 0 Å². The highest BCUT2D eigenvalue weighted by Gasteiger charge is 2.12. The molecule has 0 saturated heterocycles. The minimum atomic E-state index is -0.381. The molecule has 1 aromatic rings. The third kappa shape index (κ3) is 3.93. The maximum absolute atomic E-state index is 11.5. The minimum Gasteiger partial charge on any atom is -0.350 e. The van der Waals surface area contributed by atoms with Crippen LogP contribution in [0.2, 0.25) is 0 Å². The lowest BCUT2D eigenvalue weighted by molar-refractivity contribution is -0.122. The fourth-order valence-corrected chi connectivity index (χ4v) is 2.62. The Morgan fingerprint density at radius 2 is 2.47 bits per heavy atom. The van der Waals surface area contributed by atoms with Crippen molar-refractivity contribution in [3.05, 3.63) is 20.8 Å². The van der Waals surface area contributed by atoms with Gasteiger partial charge in [-0.1, -0.05) is 13.3 Å². The second kappa shape index (κ2) is 6.25. The van der Waals surface area contributed by atoms with Crippen molar-refractivity contribution in [2.75, 3.05) is 0 Å². The zero-order chi connectivity index (χ0) is 11.3. The van der Waals surface area contributed by atoms with Gasteiger partial charge in [-0.15, -0.1) is 11.3 Å². The molecule has 3 N–H and O–H groups in total. The van der Waals surface area contributed by atoms with Crippen molar-refractivity contribution in [2.45, 2.75) is 32.4 Å². The Kier molecular flexibility index (Phi) is 5.28. The molecule has 0 radical (unpaired) electrons. The summed E-state index contributed by atoms with van der Waals surface area (Å²) in [5.41, 5.74) is 5.68. The van der Waals surface area contributed by atoms with Gasteiger partial charge in [0, 0.05) is 9.35 Å². The molecule has 0 aliphatic heterocycles. The Morgan fingerprint density at radius 3 is 3.00 bits per heavy atom. The van der Waals surface area contributed by atoms with Crippen LogP contribution < -0.4 is 11.1 Å². The van der Waals surface area contributed by atoms with Crippen LogP contribution in [0.25, 0.3) is 0 Å². The fourth-order valence-electron chi connectivity index (χ4n) is 1.19. The molecule has 0 aliphatic rings. The minimum absolute atomic E-state index is 0.0721. The molecule has 15 heavy (non-hydrogen) atoms. The van der Waals surface area contributed by atoms with E-state index in [0.29, 0.717) is 6.54 Å². The van der Waals surface area contributed by atoms with Gasteiger partial charge in [0.1, 0.15) is 0 Å². The summed E-state index contributed by atoms with van der Waals surface area (Å²) in [6, 6.07) is 1.59. The van der Waals surface area contributed by atoms with Gasteiger partial charge >= 0.3 is 0 Å². The third-order valence-corrected chi connectivity index (χ3v) is 3.98. The highest BCUT2D eigenvalue weighted by atomic mass is 79.9. The first-order valence-electron chi connectivity index (χ1n) is 4.90. The van der Waals surface area contributed by atoms with E-state index in [-0.39, 0.29) is 11.9 Å². The summed E-state index contributed by atoms with van der Waals surface area (Å²) in [4.78, 5) is 12.6. The number of hydrogen-bond acceptors (Lipinski definition) is 3. The number of nitrogens with two attached hydrogens (primary N) is 1. The standard InChI is InChI=1S/C10H15BrN2OS/c1-2-3-8(12)10(14)13-6-9-7(11)4-5-15-9/h4-5,8H,2-3,6,12H2,1H3,(H,13,14). The molecule has 1 aromatic heterocycles. The Hall–Kier alpha value is -0.390. The normalized spacial score (nSPS) is 12.5. The average Bonchev–Trinajstić information content (AvgIpc) is 2.61. The van der Waals surface area contributed by atoms with Gasteiger partial charge in [-0.3, -0.25) is 4.79 Å². The lowest BCUT2D eigenvalue weighted by Crippen LogP contribution is -2.39. The summed E-state index contributed by atoms with van der Waals surface area (Å²) in [6.07, 6.45) is 1.66. The van der Waals surface area contributed by atoms with E-state index in [1.54, 1.807) is 11.3 Å². The molecular weight excluding hydrogens is 276 g/mol. The molecule has 0 fully saturated rings. The van der Waals surface area contributed by atoms with Crippen molar-refractivity contribution in [3.63, 3.8) is 0 Å². The van der Waals surface area contributed by atoms with E-state index >= 15 is 0 Å². The van der Waals surface area contributed by atoms with Crippen LogP contribution >= 0.6 is 27.3 Å². The number of nitrogens with one attached hydrogen (secondary N) is 1. The molecule has 84 valence electrons. The summed E-state index contributed by atoms with van der Waals surface area (Å²) in [5, 5.41) is 4.81. The van der Waals surface area contributed by atoms with E-state index in [2.05, 4.69) is 21.2 Å². The van der Waals surface area contributed by atoms with E-state index in [9.17, 15) is 4.79 Å². The molecule has 0 spiro atoms. The van der Waals surface area contributed by atoms with Gasteiger partial charge in [-0.25, -0.2) is 0 Å². The van der Waals surface area contributed by atoms with Crippen LogP contribution in [0.1, 0.15) is 24.6 Å². The lowest BCUT2D eigenvalue weighted by atomic mass is 10.2. The van der Waals surface area contributed by atoms with Crippen LogP contribution in [0.4, 0.5) is 0 Å². The molecule has 1 atom stereocenters. The molecule has 3 nitrogen and oxygen atoms in total. The van der Waals surface area contributed by atoms with E-state index in [0.717, 1.165) is 22.2 Å². The highest BCUT2D eigenvalue weighted by Crippen LogP contribution is 2.22. The molecule has 0 aliphatic carbocycles. The van der Waals surface area contributed by atoms with E-state index < -0.39 is 0 Å². The van der Waals surface area contributed by atoms with Crippen LogP contribution in [-0.4, -0.2) is 11.9 Å². The smallest absolute Gasteiger partial charge is 0.237 e. The van der Waals surface area contributed by atoms with Gasteiger partial charge in [0.25, 0.3) is 0 Å². The first-order chi connectivity index (χ1) is 7.15. The SMILES string of the molecule is CCCC(N)C(=O)NCc1sccc1Br. The highest BCUT2D eigenvalue weighted by molar-refractivity contribution is 9.10. The predicted octanol–water partition coefficient (Wildman–Crippen LogP) is 2.25. The van der Waals surface area contributed by atoms with Crippen molar-refractivity contribution in [1.29, 1.82) is 0 Å². The van der Waals surface area contributed by atoms with E-state index in [4.69, 9.17) is 5.73 Å². The molecule has 1 amide bonds. The number of rotatable bonds is 5. The zero-order valence-electron chi connectivity index (χ0n) is 8.63. The Labute approximate surface area is 102 Å². The van der Waals surface area contributed by atoms with Gasteiger partial charge in [0.05, 0.1) is 12.6 Å². The Balaban J connectivity index is 2.37. The van der Waals surface area contributed by atoms with Crippen molar-refractivity contribution >= 4 is 33.2 Å². The Bertz CT molecular complexity index is 327. The van der Waals surface area contributed by atoms with Crippen LogP contribution in [0.5, 0.6) is 0 Å². The molecular formula is C10H15BrN2OS. The molecule has 5 heteroatoms. The largest absolute Gasteiger partial charge is 0.350 e. The van der Waals surface area contributed by atoms with Gasteiger partial charge in [-0.2, -0.15) is 0 Å². The topological polar surface area (TPSA) is 55.1 Å². The maximum Gasteiger partial charge on any atom is 0.237 e. The van der Waals surface area contributed by atoms with Crippen molar-refractivity contribution in [1.82, 2.24) is 5.32 Å². The summed E-state index contributed by atoms with van der Waals surface area (Å²) >= 11 is 5.03. The van der Waals surface area contributed by atoms with E-state index in [1.165, 1.54) is 0 Å². The number of hydrogen-bond donors (Lipinski definition) is 2. The van der Waals surface area contributed by atoms with Crippen LogP contribution in [-0.2, 0) is 11.3 Å². The lowest BCUT2D eigenvalue weighted by Gasteiger charge is -2.10. The van der Waals surface area contributed by atoms with Crippen molar-refractivity contribution in [2.24, 2.45) is 5.73 Å². The summed E-state index contributed by atoms with van der Waals surface area (Å²) in [6.45, 7) is 2.57. The Morgan fingerprint density at radius 1 is 1.73 bits per heavy atom. The second-order valence-corrected chi connectivity index (χ2v) is 5.16. The van der Waals surface area contributed by atoms with Crippen molar-refractivity contribution < 1.29 is 4.79 Å². The molecule has 0 bridgehead atoms. The van der Waals surface area contributed by atoms with E-state index in [1.807, 2.05) is 18.4 Å². The predicted molar refractivity (Wildman–Crippen MR) is 66.7 cm³/mol. The van der Waals surface area contributed by atoms with Crippen LogP contribution in [0.15, 0.2) is 15.9 Å². The van der Waals surface area contributed by atoms with Gasteiger partial charge in [-0.05, 0) is 33.8 Å². The number of carbonyl (C=O) groups is 1. The van der Waals surface area contributed by atoms with Crippen molar-refractivity contribution in [3.8, 4) is 0 Å². The quantitative estimate of drug-likeness (QED) is 0.874. The molecule has 0 saturated carbocycles. The van der Waals surface area contributed by atoms with Gasteiger partial charge in [0.15, 0.2) is 0 Å². The number of carbonyl (C=O) groups excluding carboxylic acids is 1. The monoisotopic (exact) mass is 290 g/mol. The molecule has 1 rings (SSSR count). The zero-order valence-corrected chi connectivity index (χ0v) is 11.0. The number of halogens is 1. The number of thiophene rings is 1. The second-order valence-electron chi connectivity index (χ2n) is 3.30. The maximum atomic E-state index is 11.5. The van der Waals surface area contributed by atoms with Gasteiger partial charge in [0.2, 0.25) is 5.91 Å². The number of amides is 1. The molecule has 1 unspecified atom stereocenters. The van der Waals surface area contributed by atoms with Gasteiger partial charge < -0.3 is 11.1 Å². The third-order valence-electron chi connectivity index (χ3n) is 2.05. The summed E-state index contributed by atoms with van der Waals surface area (Å²) < 4.78 is 1.04. The van der Waals surface area contributed by atoms with Crippen LogP contribution in [0.3, 0.4) is 0 Å².